The van der Waals surface area contributed by atoms with Gasteiger partial charge in [-0.05, 0) is 50.3 Å². The standard InChI is InChI=1S/C18H23NO4/c1-22-18(21)15-8-5-9-16(12-15)23-13-17(20)19-11-10-14-6-3-2-4-7-14/h5-6,8-9,12H,2-4,7,10-11,13H2,1H3,(H,19,20). The number of benzene rings is 1. The molecule has 2 rings (SSSR count). The van der Waals surface area contributed by atoms with Crippen LogP contribution in [0.1, 0.15) is 42.5 Å². The molecule has 23 heavy (non-hydrogen) atoms. The third-order valence-electron chi connectivity index (χ3n) is 3.78. The van der Waals surface area contributed by atoms with Gasteiger partial charge in [-0.3, -0.25) is 4.79 Å². The van der Waals surface area contributed by atoms with Crippen molar-refractivity contribution in [2.75, 3.05) is 20.3 Å². The Morgan fingerprint density at radius 1 is 1.26 bits per heavy atom. The van der Waals surface area contributed by atoms with E-state index in [4.69, 9.17) is 4.74 Å². The third kappa shape index (κ3) is 5.77. The average Bonchev–Trinajstić information content (AvgIpc) is 2.60. The summed E-state index contributed by atoms with van der Waals surface area (Å²) in [5.74, 6) is -0.122. The van der Waals surface area contributed by atoms with Crippen molar-refractivity contribution in [3.63, 3.8) is 0 Å². The van der Waals surface area contributed by atoms with Gasteiger partial charge in [0.25, 0.3) is 5.91 Å². The molecule has 1 aliphatic carbocycles. The molecule has 0 aliphatic heterocycles. The van der Waals surface area contributed by atoms with Crippen LogP contribution in [0.15, 0.2) is 35.9 Å². The summed E-state index contributed by atoms with van der Waals surface area (Å²) in [4.78, 5) is 23.2. The molecular formula is C18H23NO4. The molecule has 0 bridgehead atoms. The lowest BCUT2D eigenvalue weighted by atomic mass is 9.97. The number of nitrogens with one attached hydrogen (secondary N) is 1. The fourth-order valence-electron chi connectivity index (χ4n) is 2.52. The molecule has 0 spiro atoms. The molecule has 0 saturated carbocycles. The zero-order valence-electron chi connectivity index (χ0n) is 13.5. The van der Waals surface area contributed by atoms with Crippen LogP contribution in [0.2, 0.25) is 0 Å². The molecule has 0 radical (unpaired) electrons. The molecule has 0 saturated heterocycles. The Morgan fingerprint density at radius 3 is 2.87 bits per heavy atom. The van der Waals surface area contributed by atoms with E-state index in [0.29, 0.717) is 17.9 Å². The molecule has 1 aromatic carbocycles. The largest absolute Gasteiger partial charge is 0.484 e. The van der Waals surface area contributed by atoms with E-state index in [9.17, 15) is 9.59 Å². The van der Waals surface area contributed by atoms with Crippen LogP contribution < -0.4 is 10.1 Å². The molecule has 0 fully saturated rings. The van der Waals surface area contributed by atoms with Crippen molar-refractivity contribution >= 4 is 11.9 Å². The topological polar surface area (TPSA) is 64.6 Å². The Hall–Kier alpha value is -2.30. The summed E-state index contributed by atoms with van der Waals surface area (Å²) < 4.78 is 10.1. The van der Waals surface area contributed by atoms with Crippen LogP contribution in [0.4, 0.5) is 0 Å². The first-order chi connectivity index (χ1) is 11.2. The fourth-order valence-corrected chi connectivity index (χ4v) is 2.52. The van der Waals surface area contributed by atoms with Crippen molar-refractivity contribution in [3.05, 3.63) is 41.5 Å². The van der Waals surface area contributed by atoms with Crippen LogP contribution in [-0.4, -0.2) is 32.1 Å². The van der Waals surface area contributed by atoms with E-state index in [1.165, 1.54) is 25.5 Å². The van der Waals surface area contributed by atoms with Crippen LogP contribution in [0.25, 0.3) is 0 Å². The van der Waals surface area contributed by atoms with Gasteiger partial charge in [0.2, 0.25) is 0 Å². The number of carbonyl (C=O) groups is 2. The summed E-state index contributed by atoms with van der Waals surface area (Å²) in [6.45, 7) is 0.569. The highest BCUT2D eigenvalue weighted by Crippen LogP contribution is 2.19. The number of amides is 1. The Kier molecular flexibility index (Phi) is 6.66. The molecule has 0 aromatic heterocycles. The van der Waals surface area contributed by atoms with E-state index >= 15 is 0 Å². The highest BCUT2D eigenvalue weighted by atomic mass is 16.5. The predicted molar refractivity (Wildman–Crippen MR) is 87.5 cm³/mol. The van der Waals surface area contributed by atoms with Gasteiger partial charge in [0.1, 0.15) is 5.75 Å². The summed E-state index contributed by atoms with van der Waals surface area (Å²) in [5.41, 5.74) is 1.83. The number of esters is 1. The van der Waals surface area contributed by atoms with Gasteiger partial charge in [-0.1, -0.05) is 17.7 Å². The normalized spacial score (nSPS) is 13.9. The minimum absolute atomic E-state index is 0.0658. The Labute approximate surface area is 136 Å². The van der Waals surface area contributed by atoms with Crippen LogP contribution >= 0.6 is 0 Å². The molecule has 0 atom stereocenters. The third-order valence-corrected chi connectivity index (χ3v) is 3.78. The predicted octanol–water partition coefficient (Wildman–Crippen LogP) is 2.86. The maximum atomic E-state index is 11.8. The van der Waals surface area contributed by atoms with E-state index < -0.39 is 5.97 Å². The Morgan fingerprint density at radius 2 is 2.13 bits per heavy atom. The van der Waals surface area contributed by atoms with E-state index in [2.05, 4.69) is 16.1 Å². The zero-order chi connectivity index (χ0) is 16.5. The number of rotatable bonds is 7. The number of allylic oxidation sites excluding steroid dienone is 1. The molecular weight excluding hydrogens is 294 g/mol. The summed E-state index contributed by atoms with van der Waals surface area (Å²) in [6.07, 6.45) is 8.01. The highest BCUT2D eigenvalue weighted by molar-refractivity contribution is 5.89. The zero-order valence-corrected chi connectivity index (χ0v) is 13.5. The van der Waals surface area contributed by atoms with Crippen LogP contribution in [-0.2, 0) is 9.53 Å². The maximum Gasteiger partial charge on any atom is 0.337 e. The number of hydrogen-bond acceptors (Lipinski definition) is 4. The van der Waals surface area contributed by atoms with E-state index in [0.717, 1.165) is 19.3 Å². The van der Waals surface area contributed by atoms with Crippen LogP contribution in [0, 0.1) is 0 Å². The minimum atomic E-state index is -0.430. The lowest BCUT2D eigenvalue weighted by molar-refractivity contribution is -0.123. The van der Waals surface area contributed by atoms with Gasteiger partial charge in [0.15, 0.2) is 6.61 Å². The van der Waals surface area contributed by atoms with Gasteiger partial charge >= 0.3 is 5.97 Å². The van der Waals surface area contributed by atoms with E-state index in [1.807, 2.05) is 0 Å². The van der Waals surface area contributed by atoms with Gasteiger partial charge in [0, 0.05) is 6.54 Å². The number of ether oxygens (including phenoxy) is 2. The van der Waals surface area contributed by atoms with Gasteiger partial charge in [0.05, 0.1) is 12.7 Å². The molecule has 0 heterocycles. The Balaban J connectivity index is 1.71. The van der Waals surface area contributed by atoms with E-state index in [-0.39, 0.29) is 12.5 Å². The molecule has 124 valence electrons. The first-order valence-electron chi connectivity index (χ1n) is 7.95. The average molecular weight is 317 g/mol. The monoisotopic (exact) mass is 317 g/mol. The summed E-state index contributed by atoms with van der Waals surface area (Å²) in [5, 5.41) is 2.85. The fraction of sp³-hybridized carbons (Fsp3) is 0.444. The Bertz CT molecular complexity index is 580. The van der Waals surface area contributed by atoms with Crippen molar-refractivity contribution in [2.45, 2.75) is 32.1 Å². The molecule has 1 aliphatic rings. The molecule has 5 heteroatoms. The molecule has 0 unspecified atom stereocenters. The number of hydrogen-bond donors (Lipinski definition) is 1. The van der Waals surface area contributed by atoms with E-state index in [1.54, 1.807) is 24.3 Å². The van der Waals surface area contributed by atoms with Gasteiger partial charge < -0.3 is 14.8 Å². The summed E-state index contributed by atoms with van der Waals surface area (Å²) in [7, 11) is 1.32. The molecule has 1 aromatic rings. The SMILES string of the molecule is COC(=O)c1cccc(OCC(=O)NCCC2=CCCCC2)c1. The van der Waals surface area contributed by atoms with Crippen LogP contribution in [0.5, 0.6) is 5.75 Å². The lowest BCUT2D eigenvalue weighted by Gasteiger charge is -2.13. The summed E-state index contributed by atoms with van der Waals surface area (Å²) in [6, 6.07) is 6.59. The van der Waals surface area contributed by atoms with Gasteiger partial charge in [-0.2, -0.15) is 0 Å². The van der Waals surface area contributed by atoms with Gasteiger partial charge in [-0.25, -0.2) is 4.79 Å². The number of carbonyl (C=O) groups excluding carboxylic acids is 2. The second kappa shape index (κ2) is 8.98. The molecule has 5 nitrogen and oxygen atoms in total. The smallest absolute Gasteiger partial charge is 0.337 e. The highest BCUT2D eigenvalue weighted by Gasteiger charge is 2.08. The summed E-state index contributed by atoms with van der Waals surface area (Å²) >= 11 is 0. The number of methoxy groups -OCH3 is 1. The first-order valence-corrected chi connectivity index (χ1v) is 7.95. The second-order valence-electron chi connectivity index (χ2n) is 5.52. The van der Waals surface area contributed by atoms with Gasteiger partial charge in [-0.15, -0.1) is 0 Å². The van der Waals surface area contributed by atoms with Crippen molar-refractivity contribution in [2.24, 2.45) is 0 Å². The van der Waals surface area contributed by atoms with Crippen molar-refractivity contribution in [1.29, 1.82) is 0 Å². The minimum Gasteiger partial charge on any atom is -0.484 e. The molecule has 1 amide bonds. The second-order valence-corrected chi connectivity index (χ2v) is 5.52. The first kappa shape index (κ1) is 17.1. The van der Waals surface area contributed by atoms with Crippen molar-refractivity contribution in [1.82, 2.24) is 5.32 Å². The van der Waals surface area contributed by atoms with Crippen LogP contribution in [0.3, 0.4) is 0 Å². The quantitative estimate of drug-likeness (QED) is 0.620. The van der Waals surface area contributed by atoms with Crippen molar-refractivity contribution in [3.8, 4) is 5.75 Å². The maximum absolute atomic E-state index is 11.8. The van der Waals surface area contributed by atoms with Crippen molar-refractivity contribution < 1.29 is 19.1 Å². The lowest BCUT2D eigenvalue weighted by Crippen LogP contribution is -2.30. The molecule has 1 N–H and O–H groups in total.